The number of phenolic OH excluding ortho intramolecular Hbond substituents is 1. The molecule has 0 aliphatic heterocycles. The Hall–Kier alpha value is -1.51. The van der Waals surface area contributed by atoms with Crippen LogP contribution in [-0.2, 0) is 0 Å². The number of carbonyl (C=O) groups excluding carboxylic acids is 1. The van der Waals surface area contributed by atoms with E-state index in [9.17, 15) is 9.90 Å². The van der Waals surface area contributed by atoms with E-state index in [1.54, 1.807) is 12.1 Å². The standard InChI is InChI=1S/C13H16O3/c1-8(2)16-10-5-6-12(14)11(7-10)13(15)9-3-4-9/h5-9,14H,3-4H2,1-2H3. The van der Waals surface area contributed by atoms with Gasteiger partial charge in [0.05, 0.1) is 11.7 Å². The van der Waals surface area contributed by atoms with Gasteiger partial charge in [0, 0.05) is 5.92 Å². The minimum Gasteiger partial charge on any atom is -0.507 e. The quantitative estimate of drug-likeness (QED) is 0.793. The molecule has 0 unspecified atom stereocenters. The second-order valence-electron chi connectivity index (χ2n) is 4.48. The molecular formula is C13H16O3. The molecule has 0 heterocycles. The van der Waals surface area contributed by atoms with Crippen LogP contribution in [0.25, 0.3) is 0 Å². The monoisotopic (exact) mass is 220 g/mol. The lowest BCUT2D eigenvalue weighted by atomic mass is 10.1. The molecule has 1 aliphatic rings. The largest absolute Gasteiger partial charge is 0.507 e. The molecule has 1 aromatic carbocycles. The third-order valence-corrected chi connectivity index (χ3v) is 2.55. The summed E-state index contributed by atoms with van der Waals surface area (Å²) >= 11 is 0. The molecule has 3 nitrogen and oxygen atoms in total. The highest BCUT2D eigenvalue weighted by molar-refractivity contribution is 6.01. The molecule has 16 heavy (non-hydrogen) atoms. The molecular weight excluding hydrogens is 204 g/mol. The number of rotatable bonds is 4. The third kappa shape index (κ3) is 2.35. The van der Waals surface area contributed by atoms with Crippen LogP contribution < -0.4 is 4.74 Å². The summed E-state index contributed by atoms with van der Waals surface area (Å²) in [4.78, 5) is 11.9. The van der Waals surface area contributed by atoms with E-state index in [0.29, 0.717) is 11.3 Å². The van der Waals surface area contributed by atoms with E-state index >= 15 is 0 Å². The maximum absolute atomic E-state index is 11.9. The van der Waals surface area contributed by atoms with Crippen molar-refractivity contribution in [2.24, 2.45) is 5.92 Å². The van der Waals surface area contributed by atoms with Crippen molar-refractivity contribution in [3.63, 3.8) is 0 Å². The van der Waals surface area contributed by atoms with E-state index in [2.05, 4.69) is 0 Å². The van der Waals surface area contributed by atoms with Gasteiger partial charge in [-0.2, -0.15) is 0 Å². The van der Waals surface area contributed by atoms with Gasteiger partial charge in [0.1, 0.15) is 11.5 Å². The highest BCUT2D eigenvalue weighted by Gasteiger charge is 2.32. The molecule has 0 spiro atoms. The van der Waals surface area contributed by atoms with Crippen molar-refractivity contribution >= 4 is 5.78 Å². The van der Waals surface area contributed by atoms with Crippen molar-refractivity contribution in [2.75, 3.05) is 0 Å². The molecule has 0 radical (unpaired) electrons. The summed E-state index contributed by atoms with van der Waals surface area (Å²) in [5, 5.41) is 9.64. The van der Waals surface area contributed by atoms with Gasteiger partial charge in [0.15, 0.2) is 5.78 Å². The molecule has 1 aliphatic carbocycles. The van der Waals surface area contributed by atoms with E-state index in [0.717, 1.165) is 12.8 Å². The summed E-state index contributed by atoms with van der Waals surface area (Å²) in [7, 11) is 0. The van der Waals surface area contributed by atoms with E-state index in [1.165, 1.54) is 6.07 Å². The molecule has 1 aromatic rings. The summed E-state index contributed by atoms with van der Waals surface area (Å²) in [6, 6.07) is 4.84. The van der Waals surface area contributed by atoms with Crippen molar-refractivity contribution in [2.45, 2.75) is 32.8 Å². The predicted molar refractivity (Wildman–Crippen MR) is 60.9 cm³/mol. The minimum atomic E-state index is 0.0340. The van der Waals surface area contributed by atoms with Crippen LogP contribution in [0.15, 0.2) is 18.2 Å². The van der Waals surface area contributed by atoms with E-state index in [1.807, 2.05) is 13.8 Å². The van der Waals surface area contributed by atoms with Crippen LogP contribution in [0.4, 0.5) is 0 Å². The molecule has 0 aromatic heterocycles. The smallest absolute Gasteiger partial charge is 0.169 e. The minimum absolute atomic E-state index is 0.0340. The van der Waals surface area contributed by atoms with Crippen LogP contribution in [0.1, 0.15) is 37.0 Å². The number of carbonyl (C=O) groups is 1. The van der Waals surface area contributed by atoms with Crippen LogP contribution >= 0.6 is 0 Å². The SMILES string of the molecule is CC(C)Oc1ccc(O)c(C(=O)C2CC2)c1. The Bertz CT molecular complexity index is 406. The Morgan fingerprint density at radius 1 is 1.44 bits per heavy atom. The average molecular weight is 220 g/mol. The molecule has 1 N–H and O–H groups in total. The lowest BCUT2D eigenvalue weighted by molar-refractivity contribution is 0.0964. The maximum atomic E-state index is 11.9. The van der Waals surface area contributed by atoms with E-state index < -0.39 is 0 Å². The summed E-state index contributed by atoms with van der Waals surface area (Å²) in [5.74, 6) is 0.830. The van der Waals surface area contributed by atoms with E-state index in [4.69, 9.17) is 4.74 Å². The predicted octanol–water partition coefficient (Wildman–Crippen LogP) is 2.77. The Morgan fingerprint density at radius 3 is 2.69 bits per heavy atom. The molecule has 3 heteroatoms. The molecule has 0 atom stereocenters. The number of Topliss-reactive ketones (excluding diaryl/α,β-unsaturated/α-hetero) is 1. The van der Waals surface area contributed by atoms with Gasteiger partial charge in [-0.1, -0.05) is 0 Å². The van der Waals surface area contributed by atoms with Crippen LogP contribution in [-0.4, -0.2) is 17.0 Å². The lowest BCUT2D eigenvalue weighted by Crippen LogP contribution is -2.07. The first-order valence-electron chi connectivity index (χ1n) is 5.62. The zero-order chi connectivity index (χ0) is 11.7. The zero-order valence-corrected chi connectivity index (χ0v) is 9.56. The topological polar surface area (TPSA) is 46.5 Å². The first kappa shape index (κ1) is 11.0. The second kappa shape index (κ2) is 4.16. The molecule has 0 amide bonds. The zero-order valence-electron chi connectivity index (χ0n) is 9.56. The highest BCUT2D eigenvalue weighted by Crippen LogP contribution is 2.36. The fraction of sp³-hybridized carbons (Fsp3) is 0.462. The number of hydrogen-bond donors (Lipinski definition) is 1. The molecule has 2 rings (SSSR count). The van der Waals surface area contributed by atoms with Gasteiger partial charge < -0.3 is 9.84 Å². The van der Waals surface area contributed by atoms with Gasteiger partial charge >= 0.3 is 0 Å². The molecule has 0 saturated heterocycles. The van der Waals surface area contributed by atoms with Crippen molar-refractivity contribution in [3.05, 3.63) is 23.8 Å². The molecule has 1 fully saturated rings. The second-order valence-corrected chi connectivity index (χ2v) is 4.48. The van der Waals surface area contributed by atoms with Crippen molar-refractivity contribution in [1.29, 1.82) is 0 Å². The summed E-state index contributed by atoms with van der Waals surface area (Å²) in [6.45, 7) is 3.85. The van der Waals surface area contributed by atoms with Crippen molar-refractivity contribution in [3.8, 4) is 11.5 Å². The maximum Gasteiger partial charge on any atom is 0.169 e. The number of hydrogen-bond acceptors (Lipinski definition) is 3. The summed E-state index contributed by atoms with van der Waals surface area (Å²) < 4.78 is 5.50. The summed E-state index contributed by atoms with van der Waals surface area (Å²) in [5.41, 5.74) is 0.389. The van der Waals surface area contributed by atoms with Crippen LogP contribution in [0, 0.1) is 5.92 Å². The third-order valence-electron chi connectivity index (χ3n) is 2.55. The Morgan fingerprint density at radius 2 is 2.12 bits per heavy atom. The molecule has 86 valence electrons. The van der Waals surface area contributed by atoms with Gasteiger partial charge in [-0.25, -0.2) is 0 Å². The summed E-state index contributed by atoms with van der Waals surface area (Å²) in [6.07, 6.45) is 1.94. The fourth-order valence-corrected chi connectivity index (χ4v) is 1.62. The van der Waals surface area contributed by atoms with Gasteiger partial charge in [0.2, 0.25) is 0 Å². The number of phenols is 1. The number of ketones is 1. The Balaban J connectivity index is 2.24. The number of aromatic hydroxyl groups is 1. The number of benzene rings is 1. The van der Waals surface area contributed by atoms with Gasteiger partial charge in [-0.05, 0) is 44.9 Å². The molecule has 0 bridgehead atoms. The average Bonchev–Trinajstić information content (AvgIpc) is 3.02. The Kier molecular flexibility index (Phi) is 2.86. The van der Waals surface area contributed by atoms with Gasteiger partial charge in [-0.15, -0.1) is 0 Å². The lowest BCUT2D eigenvalue weighted by Gasteiger charge is -2.11. The normalized spacial score (nSPS) is 15.2. The van der Waals surface area contributed by atoms with E-state index in [-0.39, 0.29) is 23.6 Å². The van der Waals surface area contributed by atoms with Crippen LogP contribution in [0.3, 0.4) is 0 Å². The van der Waals surface area contributed by atoms with Crippen LogP contribution in [0.5, 0.6) is 11.5 Å². The molecule has 1 saturated carbocycles. The highest BCUT2D eigenvalue weighted by atomic mass is 16.5. The van der Waals surface area contributed by atoms with Gasteiger partial charge in [-0.3, -0.25) is 4.79 Å². The first-order valence-corrected chi connectivity index (χ1v) is 5.62. The van der Waals surface area contributed by atoms with Crippen molar-refractivity contribution in [1.82, 2.24) is 0 Å². The Labute approximate surface area is 95.0 Å². The number of ether oxygens (including phenoxy) is 1. The first-order chi connectivity index (χ1) is 7.58. The van der Waals surface area contributed by atoms with Crippen molar-refractivity contribution < 1.29 is 14.6 Å². The van der Waals surface area contributed by atoms with Gasteiger partial charge in [0.25, 0.3) is 0 Å². The fourth-order valence-electron chi connectivity index (χ4n) is 1.62. The van der Waals surface area contributed by atoms with Crippen LogP contribution in [0.2, 0.25) is 0 Å².